The molecule has 1 aliphatic heterocycles. The maximum Gasteiger partial charge on any atom is 0.290 e. The van der Waals surface area contributed by atoms with E-state index >= 15 is 0 Å². The first-order chi connectivity index (χ1) is 12.4. The highest BCUT2D eigenvalue weighted by molar-refractivity contribution is 5.56. The number of benzene rings is 1. The molecule has 9 nitrogen and oxygen atoms in total. The summed E-state index contributed by atoms with van der Waals surface area (Å²) in [6.07, 6.45) is -2.92. The quantitative estimate of drug-likeness (QED) is 0.325. The molecule has 6 N–H and O–H groups in total. The van der Waals surface area contributed by atoms with E-state index < -0.39 is 18.3 Å². The van der Waals surface area contributed by atoms with Crippen molar-refractivity contribution in [1.29, 1.82) is 0 Å². The van der Waals surface area contributed by atoms with Crippen LogP contribution in [0.2, 0.25) is 0 Å². The van der Waals surface area contributed by atoms with E-state index in [1.165, 1.54) is 0 Å². The topological polar surface area (TPSA) is 149 Å². The minimum Gasteiger partial charge on any atom is -0.506 e. The summed E-state index contributed by atoms with van der Waals surface area (Å²) in [7, 11) is 3.41. The van der Waals surface area contributed by atoms with Crippen molar-refractivity contribution >= 4 is 12.2 Å². The number of carboxylic acid groups (broad SMARTS) is 1. The van der Waals surface area contributed by atoms with E-state index in [9.17, 15) is 5.11 Å². The van der Waals surface area contributed by atoms with Gasteiger partial charge in [-0.2, -0.15) is 0 Å². The van der Waals surface area contributed by atoms with Crippen LogP contribution in [0.15, 0.2) is 18.2 Å². The number of phenols is 1. The van der Waals surface area contributed by atoms with Crippen LogP contribution in [0.3, 0.4) is 0 Å². The first kappa shape index (κ1) is 26.3. The highest BCUT2D eigenvalue weighted by Gasteiger charge is 2.29. The van der Waals surface area contributed by atoms with Gasteiger partial charge in [-0.05, 0) is 17.7 Å². The van der Waals surface area contributed by atoms with Gasteiger partial charge in [0.25, 0.3) is 6.47 Å². The monoisotopic (exact) mass is 377 g/mol. The van der Waals surface area contributed by atoms with Crippen molar-refractivity contribution in [2.24, 2.45) is 0 Å². The first-order valence-corrected chi connectivity index (χ1v) is 8.09. The zero-order chi connectivity index (χ0) is 20.5. The summed E-state index contributed by atoms with van der Waals surface area (Å²) < 4.78 is 9.66. The summed E-state index contributed by atoms with van der Waals surface area (Å²) in [4.78, 5) is 8.36. The van der Waals surface area contributed by atoms with Crippen molar-refractivity contribution in [3.8, 4) is 5.75 Å². The Hall–Kier alpha value is -1.91. The average Bonchev–Trinajstić information content (AvgIpc) is 2.64. The molecule has 0 spiro atoms. The van der Waals surface area contributed by atoms with Gasteiger partial charge in [-0.15, -0.1) is 0 Å². The molecule has 0 radical (unpaired) electrons. The molecule has 1 aliphatic rings. The number of methoxy groups -OCH3 is 1. The van der Waals surface area contributed by atoms with E-state index in [0.29, 0.717) is 6.61 Å². The Morgan fingerprint density at radius 2 is 1.73 bits per heavy atom. The van der Waals surface area contributed by atoms with Gasteiger partial charge in [0.1, 0.15) is 24.1 Å². The zero-order valence-corrected chi connectivity index (χ0v) is 15.6. The van der Waals surface area contributed by atoms with Crippen molar-refractivity contribution in [3.05, 3.63) is 23.8 Å². The van der Waals surface area contributed by atoms with Gasteiger partial charge in [0.2, 0.25) is 0 Å². The Labute approximate surface area is 153 Å². The van der Waals surface area contributed by atoms with Crippen molar-refractivity contribution in [2.75, 3.05) is 32.7 Å². The lowest BCUT2D eigenvalue weighted by Crippen LogP contribution is -2.47. The fraction of sp³-hybridized carbons (Fsp3) is 0.588. The Morgan fingerprint density at radius 3 is 2.12 bits per heavy atom. The van der Waals surface area contributed by atoms with E-state index in [0.717, 1.165) is 11.3 Å². The lowest BCUT2D eigenvalue weighted by molar-refractivity contribution is -0.150. The molecule has 1 saturated heterocycles. The second-order valence-corrected chi connectivity index (χ2v) is 4.80. The molecule has 0 bridgehead atoms. The molecule has 0 aliphatic carbocycles. The van der Waals surface area contributed by atoms with Crippen LogP contribution < -0.4 is 5.32 Å². The minimum atomic E-state index is -1.04. The highest BCUT2D eigenvalue weighted by Crippen LogP contribution is 2.23. The third-order valence-corrected chi connectivity index (χ3v) is 3.01. The average molecular weight is 377 g/mol. The van der Waals surface area contributed by atoms with Crippen LogP contribution in [0.1, 0.15) is 19.4 Å². The highest BCUT2D eigenvalue weighted by atomic mass is 16.5. The minimum absolute atomic E-state index is 0.109. The molecule has 1 fully saturated rings. The van der Waals surface area contributed by atoms with Gasteiger partial charge >= 0.3 is 0 Å². The molecule has 2 atom stereocenters. The molecule has 1 aromatic rings. The fourth-order valence-electron chi connectivity index (χ4n) is 1.80. The molecule has 26 heavy (non-hydrogen) atoms. The molecule has 152 valence electrons. The van der Waals surface area contributed by atoms with Gasteiger partial charge in [-0.1, -0.05) is 19.9 Å². The molecule has 1 aromatic carbocycles. The van der Waals surface area contributed by atoms with Gasteiger partial charge in [-0.3, -0.25) is 4.79 Å². The zero-order valence-electron chi connectivity index (χ0n) is 15.6. The van der Waals surface area contributed by atoms with Crippen LogP contribution in [0, 0.1) is 0 Å². The van der Waals surface area contributed by atoms with E-state index in [-0.39, 0.29) is 25.4 Å². The van der Waals surface area contributed by atoms with Crippen molar-refractivity contribution < 1.29 is 39.8 Å². The second kappa shape index (κ2) is 16.6. The molecule has 2 rings (SSSR count). The number of nitrogens with one attached hydrogen (secondary N) is 1. The lowest BCUT2D eigenvalue weighted by atomic mass is 10.1. The largest absolute Gasteiger partial charge is 0.506 e. The van der Waals surface area contributed by atoms with Crippen molar-refractivity contribution in [1.82, 2.24) is 0 Å². The standard InChI is InChI=1S/C9H13NO2.C5H10O4.C2H6.CH2O2/c1-10-8-5-7(6-12-2)3-4-9(8)11;6-3-1-9-2-4(7)5(3)8;1-2;2-1-3/h3-5,10-11H,6H2,1-2H3;3-8H,1-2H2;1-2H3;1H,(H,2,3). The maximum absolute atomic E-state index is 9.30. The van der Waals surface area contributed by atoms with Crippen LogP contribution in [-0.4, -0.2) is 77.7 Å². The number of rotatable bonds is 3. The van der Waals surface area contributed by atoms with Gasteiger partial charge in [0, 0.05) is 14.2 Å². The normalized spacial score (nSPS) is 20.8. The molecule has 0 amide bonds. The summed E-state index contributed by atoms with van der Waals surface area (Å²) in [6.45, 7) is 4.53. The van der Waals surface area contributed by atoms with E-state index in [4.69, 9.17) is 34.7 Å². The number of hydrogen-bond acceptors (Lipinski definition) is 8. The Morgan fingerprint density at radius 1 is 1.23 bits per heavy atom. The number of aliphatic hydroxyl groups excluding tert-OH is 3. The van der Waals surface area contributed by atoms with Crippen LogP contribution in [-0.2, 0) is 20.9 Å². The number of aliphatic hydroxyl groups is 3. The summed E-state index contributed by atoms with van der Waals surface area (Å²) in [5.41, 5.74) is 1.77. The third-order valence-electron chi connectivity index (χ3n) is 3.01. The summed E-state index contributed by atoms with van der Waals surface area (Å²) in [6, 6.07) is 5.35. The Kier molecular flexibility index (Phi) is 16.8. The second-order valence-electron chi connectivity index (χ2n) is 4.80. The number of anilines is 1. The lowest BCUT2D eigenvalue weighted by Gasteiger charge is -2.27. The summed E-state index contributed by atoms with van der Waals surface area (Å²) in [5.74, 6) is 0.261. The van der Waals surface area contributed by atoms with Crippen LogP contribution in [0.5, 0.6) is 5.75 Å². The number of hydrogen-bond donors (Lipinski definition) is 6. The molecule has 1 heterocycles. The fourth-order valence-corrected chi connectivity index (χ4v) is 1.80. The van der Waals surface area contributed by atoms with Gasteiger partial charge in [0.15, 0.2) is 0 Å². The third kappa shape index (κ3) is 10.9. The van der Waals surface area contributed by atoms with Gasteiger partial charge in [-0.25, -0.2) is 0 Å². The van der Waals surface area contributed by atoms with E-state index in [1.54, 1.807) is 20.2 Å². The number of aromatic hydroxyl groups is 1. The Bertz CT molecular complexity index is 462. The predicted molar refractivity (Wildman–Crippen MR) is 97.2 cm³/mol. The van der Waals surface area contributed by atoms with E-state index in [1.807, 2.05) is 26.0 Å². The number of phenolic OH excluding ortho intramolecular Hbond substituents is 1. The van der Waals surface area contributed by atoms with Gasteiger partial charge < -0.3 is 40.3 Å². The predicted octanol–water partition coefficient (Wildman–Crippen LogP) is 0.407. The molecular weight excluding hydrogens is 346 g/mol. The van der Waals surface area contributed by atoms with E-state index in [2.05, 4.69) is 5.32 Å². The van der Waals surface area contributed by atoms with Gasteiger partial charge in [0.05, 0.1) is 25.5 Å². The van der Waals surface area contributed by atoms with Crippen molar-refractivity contribution in [2.45, 2.75) is 38.8 Å². The molecule has 2 unspecified atom stereocenters. The molecule has 0 aromatic heterocycles. The SMILES string of the molecule is CC.CNc1cc(COC)ccc1O.O=CO.OC1COCC(O)C1O. The maximum atomic E-state index is 9.30. The van der Waals surface area contributed by atoms with Crippen molar-refractivity contribution in [3.63, 3.8) is 0 Å². The summed E-state index contributed by atoms with van der Waals surface area (Å²) >= 11 is 0. The molecule has 0 saturated carbocycles. The smallest absolute Gasteiger partial charge is 0.290 e. The first-order valence-electron chi connectivity index (χ1n) is 8.09. The molecular formula is C17H31NO8. The van der Waals surface area contributed by atoms with Crippen LogP contribution >= 0.6 is 0 Å². The number of ether oxygens (including phenoxy) is 2. The van der Waals surface area contributed by atoms with Crippen LogP contribution in [0.25, 0.3) is 0 Å². The Balaban J connectivity index is 0. The molecule has 9 heteroatoms. The van der Waals surface area contributed by atoms with Crippen LogP contribution in [0.4, 0.5) is 5.69 Å². The summed E-state index contributed by atoms with van der Waals surface area (Å²) in [5, 5.41) is 45.6. The number of carbonyl (C=O) groups is 1.